The summed E-state index contributed by atoms with van der Waals surface area (Å²) in [6.07, 6.45) is -0.488. The van der Waals surface area contributed by atoms with E-state index in [-0.39, 0.29) is 42.6 Å². The van der Waals surface area contributed by atoms with Crippen LogP contribution in [0.25, 0.3) is 0 Å². The lowest BCUT2D eigenvalue weighted by molar-refractivity contribution is -0.0402. The minimum absolute atomic E-state index is 0.00817. The fraction of sp³-hybridized carbons (Fsp3) is 0.350. The van der Waals surface area contributed by atoms with Crippen molar-refractivity contribution in [2.75, 3.05) is 26.3 Å². The van der Waals surface area contributed by atoms with Crippen molar-refractivity contribution in [1.82, 2.24) is 4.90 Å². The Labute approximate surface area is 161 Å². The predicted octanol–water partition coefficient (Wildman–Crippen LogP) is 3.32. The third kappa shape index (κ3) is 5.56. The second-order valence-electron chi connectivity index (χ2n) is 5.86. The first kappa shape index (κ1) is 21.4. The number of amides is 1. The first-order chi connectivity index (χ1) is 13.4. The molecule has 0 saturated carbocycles. The molecule has 8 heteroatoms. The van der Waals surface area contributed by atoms with Gasteiger partial charge < -0.3 is 24.6 Å². The fourth-order valence-electron chi connectivity index (χ4n) is 2.68. The molecule has 0 aromatic heterocycles. The molecule has 0 aliphatic carbocycles. The Hall–Kier alpha value is -2.87. The maximum atomic E-state index is 13.2. The highest BCUT2D eigenvalue weighted by Crippen LogP contribution is 2.25. The van der Waals surface area contributed by atoms with Crippen LogP contribution < -0.4 is 4.74 Å². The summed E-state index contributed by atoms with van der Waals surface area (Å²) in [4.78, 5) is 14.0. The molecule has 1 unspecified atom stereocenters. The molecule has 6 nitrogen and oxygen atoms in total. The maximum Gasteiger partial charge on any atom is 0.257 e. The van der Waals surface area contributed by atoms with Gasteiger partial charge in [0.25, 0.3) is 5.91 Å². The highest BCUT2D eigenvalue weighted by molar-refractivity contribution is 5.97. The van der Waals surface area contributed by atoms with E-state index in [0.29, 0.717) is 6.54 Å². The van der Waals surface area contributed by atoms with E-state index in [1.54, 1.807) is 0 Å². The average molecular weight is 395 g/mol. The van der Waals surface area contributed by atoms with Crippen molar-refractivity contribution in [2.45, 2.75) is 20.0 Å². The number of phenols is 2. The van der Waals surface area contributed by atoms with Crippen LogP contribution >= 0.6 is 0 Å². The van der Waals surface area contributed by atoms with Crippen LogP contribution in [0.4, 0.5) is 8.78 Å². The molecule has 2 aromatic carbocycles. The summed E-state index contributed by atoms with van der Waals surface area (Å²) in [6, 6.07) is 6.60. The van der Waals surface area contributed by atoms with Gasteiger partial charge in [0.05, 0.1) is 18.7 Å². The number of ether oxygens (including phenoxy) is 2. The van der Waals surface area contributed by atoms with Gasteiger partial charge in [0.2, 0.25) is 0 Å². The molecule has 1 fully saturated rings. The van der Waals surface area contributed by atoms with Crippen LogP contribution in [-0.2, 0) is 4.74 Å². The van der Waals surface area contributed by atoms with Crippen molar-refractivity contribution in [3.63, 3.8) is 0 Å². The number of halogens is 2. The van der Waals surface area contributed by atoms with E-state index in [1.807, 2.05) is 13.8 Å². The molecule has 28 heavy (non-hydrogen) atoms. The van der Waals surface area contributed by atoms with Gasteiger partial charge in [0, 0.05) is 30.8 Å². The molecule has 2 N–H and O–H groups in total. The molecule has 0 radical (unpaired) electrons. The summed E-state index contributed by atoms with van der Waals surface area (Å²) >= 11 is 0. The van der Waals surface area contributed by atoms with Crippen LogP contribution in [0.5, 0.6) is 17.2 Å². The molecule has 1 aliphatic heterocycles. The first-order valence-corrected chi connectivity index (χ1v) is 8.94. The second-order valence-corrected chi connectivity index (χ2v) is 5.86. The van der Waals surface area contributed by atoms with E-state index in [1.165, 1.54) is 17.0 Å². The smallest absolute Gasteiger partial charge is 0.257 e. The first-order valence-electron chi connectivity index (χ1n) is 8.94. The van der Waals surface area contributed by atoms with Gasteiger partial charge in [-0.1, -0.05) is 13.8 Å². The van der Waals surface area contributed by atoms with Crippen LogP contribution in [0.1, 0.15) is 24.2 Å². The average Bonchev–Trinajstić information content (AvgIpc) is 2.67. The van der Waals surface area contributed by atoms with Gasteiger partial charge in [-0.05, 0) is 12.1 Å². The van der Waals surface area contributed by atoms with Crippen LogP contribution in [0.15, 0.2) is 36.4 Å². The topological polar surface area (TPSA) is 79.2 Å². The van der Waals surface area contributed by atoms with Crippen molar-refractivity contribution < 1.29 is 33.3 Å². The molecule has 1 amide bonds. The normalized spacial score (nSPS) is 16.1. The zero-order valence-electron chi connectivity index (χ0n) is 15.7. The molecule has 2 aromatic rings. The SMILES string of the molecule is CC.O=C(c1ccc(O)cc1O)N1CCOC(COc2cc(F)cc(F)c2)C1. The molecule has 0 spiro atoms. The van der Waals surface area contributed by atoms with E-state index in [2.05, 4.69) is 0 Å². The Morgan fingerprint density at radius 2 is 1.86 bits per heavy atom. The summed E-state index contributed by atoms with van der Waals surface area (Å²) in [7, 11) is 0. The maximum absolute atomic E-state index is 13.2. The number of aromatic hydroxyl groups is 2. The van der Waals surface area contributed by atoms with E-state index < -0.39 is 23.6 Å². The van der Waals surface area contributed by atoms with Crippen LogP contribution in [0, 0.1) is 11.6 Å². The van der Waals surface area contributed by atoms with Crippen LogP contribution in [0.2, 0.25) is 0 Å². The quantitative estimate of drug-likeness (QED) is 0.830. The fourth-order valence-corrected chi connectivity index (χ4v) is 2.68. The molecular formula is C20H23F2NO5. The van der Waals surface area contributed by atoms with Crippen LogP contribution in [0.3, 0.4) is 0 Å². The molecule has 3 rings (SSSR count). The molecule has 1 heterocycles. The summed E-state index contributed by atoms with van der Waals surface area (Å²) in [5.74, 6) is -2.33. The third-order valence-electron chi connectivity index (χ3n) is 3.91. The highest BCUT2D eigenvalue weighted by Gasteiger charge is 2.27. The molecular weight excluding hydrogens is 372 g/mol. The number of rotatable bonds is 4. The Balaban J connectivity index is 0.00000136. The van der Waals surface area contributed by atoms with Crippen molar-refractivity contribution >= 4 is 5.91 Å². The minimum atomic E-state index is -0.746. The predicted molar refractivity (Wildman–Crippen MR) is 98.6 cm³/mol. The van der Waals surface area contributed by atoms with Gasteiger partial charge in [-0.25, -0.2) is 8.78 Å². The van der Waals surface area contributed by atoms with Crippen LogP contribution in [-0.4, -0.2) is 53.4 Å². The number of carbonyl (C=O) groups excluding carboxylic acids is 1. The van der Waals surface area contributed by atoms with Crippen molar-refractivity contribution in [3.05, 3.63) is 53.6 Å². The van der Waals surface area contributed by atoms with Gasteiger partial charge in [-0.15, -0.1) is 0 Å². The number of benzene rings is 2. The Kier molecular flexibility index (Phi) is 7.57. The number of carbonyl (C=O) groups is 1. The summed E-state index contributed by atoms with van der Waals surface area (Å²) in [5, 5.41) is 19.1. The zero-order valence-corrected chi connectivity index (χ0v) is 15.7. The monoisotopic (exact) mass is 395 g/mol. The second kappa shape index (κ2) is 9.89. The summed E-state index contributed by atoms with van der Waals surface area (Å²) in [5.41, 5.74) is 0.0663. The molecule has 1 saturated heterocycles. The Morgan fingerprint density at radius 3 is 2.50 bits per heavy atom. The molecule has 1 aliphatic rings. The zero-order chi connectivity index (χ0) is 20.7. The third-order valence-corrected chi connectivity index (χ3v) is 3.91. The van der Waals surface area contributed by atoms with Crippen molar-refractivity contribution in [2.24, 2.45) is 0 Å². The summed E-state index contributed by atoms with van der Waals surface area (Å²) < 4.78 is 37.2. The Bertz CT molecular complexity index is 795. The lowest BCUT2D eigenvalue weighted by Gasteiger charge is -2.33. The summed E-state index contributed by atoms with van der Waals surface area (Å²) in [6.45, 7) is 4.78. The lowest BCUT2D eigenvalue weighted by atomic mass is 10.1. The highest BCUT2D eigenvalue weighted by atomic mass is 19.1. The number of phenolic OH excluding ortho intramolecular Hbond substituents is 2. The van der Waals surface area contributed by atoms with E-state index in [0.717, 1.165) is 24.3 Å². The van der Waals surface area contributed by atoms with Gasteiger partial charge >= 0.3 is 0 Å². The number of hydrogen-bond donors (Lipinski definition) is 2. The minimum Gasteiger partial charge on any atom is -0.508 e. The van der Waals surface area contributed by atoms with E-state index >= 15 is 0 Å². The molecule has 0 bridgehead atoms. The van der Waals surface area contributed by atoms with E-state index in [9.17, 15) is 23.8 Å². The molecule has 1 atom stereocenters. The van der Waals surface area contributed by atoms with Gasteiger partial charge in [-0.3, -0.25) is 4.79 Å². The van der Waals surface area contributed by atoms with Gasteiger partial charge in [-0.2, -0.15) is 0 Å². The Morgan fingerprint density at radius 1 is 1.18 bits per heavy atom. The lowest BCUT2D eigenvalue weighted by Crippen LogP contribution is -2.47. The van der Waals surface area contributed by atoms with Crippen molar-refractivity contribution in [3.8, 4) is 17.2 Å². The van der Waals surface area contributed by atoms with E-state index in [4.69, 9.17) is 9.47 Å². The number of nitrogens with zero attached hydrogens (tertiary/aromatic N) is 1. The standard InChI is InChI=1S/C18H17F2NO5.C2H6/c19-11-5-12(20)7-14(6-11)26-10-15-9-21(3-4-25-15)18(24)16-2-1-13(22)8-17(16)23;1-2/h1-2,5-8,15,22-23H,3-4,9-10H2;1-2H3. The number of morpholine rings is 1. The van der Waals surface area contributed by atoms with Gasteiger partial charge in [0.1, 0.15) is 41.6 Å². The number of hydrogen-bond acceptors (Lipinski definition) is 5. The van der Waals surface area contributed by atoms with Gasteiger partial charge in [0.15, 0.2) is 0 Å². The largest absolute Gasteiger partial charge is 0.508 e. The molecule has 152 valence electrons. The van der Waals surface area contributed by atoms with Crippen molar-refractivity contribution in [1.29, 1.82) is 0 Å².